The van der Waals surface area contributed by atoms with Gasteiger partial charge in [0.2, 0.25) is 5.91 Å². The summed E-state index contributed by atoms with van der Waals surface area (Å²) in [6.07, 6.45) is 5.16. The third kappa shape index (κ3) is 5.58. The Morgan fingerprint density at radius 2 is 1.81 bits per heavy atom. The lowest BCUT2D eigenvalue weighted by Gasteiger charge is -2.35. The van der Waals surface area contributed by atoms with Crippen LogP contribution < -0.4 is 10.2 Å². The fourth-order valence-corrected chi connectivity index (χ4v) is 3.47. The molecule has 1 saturated heterocycles. The number of anilines is 3. The fraction of sp³-hybridized carbons (Fsp3) is 0.217. The van der Waals surface area contributed by atoms with Crippen LogP contribution >= 0.6 is 11.6 Å². The smallest absolute Gasteiger partial charge is 0.246 e. The van der Waals surface area contributed by atoms with Crippen molar-refractivity contribution in [2.45, 2.75) is 6.92 Å². The van der Waals surface area contributed by atoms with Crippen LogP contribution in [0.1, 0.15) is 11.4 Å². The van der Waals surface area contributed by atoms with Gasteiger partial charge in [0.05, 0.1) is 0 Å². The average Bonchev–Trinajstić information content (AvgIpc) is 2.79. The van der Waals surface area contributed by atoms with Crippen molar-refractivity contribution < 1.29 is 4.79 Å². The molecular weight excluding hydrogens is 412 g/mol. The summed E-state index contributed by atoms with van der Waals surface area (Å²) in [6, 6.07) is 15.0. The average molecular weight is 435 g/mol. The molecule has 158 valence electrons. The van der Waals surface area contributed by atoms with Gasteiger partial charge in [-0.25, -0.2) is 15.0 Å². The Kier molecular flexibility index (Phi) is 6.43. The minimum absolute atomic E-state index is 0.00553. The number of nitrogens with one attached hydrogen (secondary N) is 1. The Morgan fingerprint density at radius 3 is 2.52 bits per heavy atom. The molecule has 0 bridgehead atoms. The summed E-state index contributed by atoms with van der Waals surface area (Å²) < 4.78 is 0. The van der Waals surface area contributed by atoms with Gasteiger partial charge in [-0.3, -0.25) is 4.79 Å². The monoisotopic (exact) mass is 434 g/mol. The number of aryl methyl sites for hydroxylation is 1. The standard InChI is InChI=1S/C23H23ClN6O/c1-17-26-21(28-20-4-2-3-11-25-20)16-22(27-17)29-12-14-30(15-13-29)23(31)10-7-18-5-8-19(24)9-6-18/h2-11,16H,12-15H2,1H3,(H,25,26,27,28)/b10-7+. The van der Waals surface area contributed by atoms with Gasteiger partial charge in [-0.15, -0.1) is 0 Å². The van der Waals surface area contributed by atoms with Crippen LogP contribution in [0.3, 0.4) is 0 Å². The molecule has 4 rings (SSSR count). The van der Waals surface area contributed by atoms with E-state index in [1.165, 1.54) is 0 Å². The highest BCUT2D eigenvalue weighted by molar-refractivity contribution is 6.30. The molecule has 8 heteroatoms. The summed E-state index contributed by atoms with van der Waals surface area (Å²) >= 11 is 5.90. The molecule has 1 fully saturated rings. The maximum absolute atomic E-state index is 12.5. The Balaban J connectivity index is 1.37. The number of carbonyl (C=O) groups is 1. The van der Waals surface area contributed by atoms with E-state index >= 15 is 0 Å². The van der Waals surface area contributed by atoms with Crippen LogP contribution in [0.4, 0.5) is 17.5 Å². The molecule has 3 aromatic rings. The van der Waals surface area contributed by atoms with Gasteiger partial charge in [-0.05, 0) is 42.8 Å². The van der Waals surface area contributed by atoms with Crippen LogP contribution in [-0.2, 0) is 4.79 Å². The summed E-state index contributed by atoms with van der Waals surface area (Å²) in [5, 5.41) is 3.89. The normalized spacial score (nSPS) is 14.1. The van der Waals surface area contributed by atoms with Gasteiger partial charge < -0.3 is 15.1 Å². The van der Waals surface area contributed by atoms with Crippen molar-refractivity contribution in [2.24, 2.45) is 0 Å². The Bertz CT molecular complexity index is 1060. The number of hydrogen-bond acceptors (Lipinski definition) is 6. The zero-order valence-corrected chi connectivity index (χ0v) is 18.0. The van der Waals surface area contributed by atoms with Crippen LogP contribution in [0.25, 0.3) is 6.08 Å². The molecule has 3 heterocycles. The van der Waals surface area contributed by atoms with E-state index in [9.17, 15) is 4.79 Å². The summed E-state index contributed by atoms with van der Waals surface area (Å²) in [6.45, 7) is 4.56. The van der Waals surface area contributed by atoms with E-state index in [0.29, 0.717) is 42.8 Å². The van der Waals surface area contributed by atoms with Crippen molar-refractivity contribution in [1.82, 2.24) is 19.9 Å². The molecule has 1 aliphatic rings. The van der Waals surface area contributed by atoms with Crippen LogP contribution in [-0.4, -0.2) is 51.9 Å². The van der Waals surface area contributed by atoms with Crippen LogP contribution in [0.2, 0.25) is 5.02 Å². The first kappa shape index (κ1) is 20.8. The third-order valence-electron chi connectivity index (χ3n) is 4.95. The van der Waals surface area contributed by atoms with Gasteiger partial charge in [0.1, 0.15) is 23.3 Å². The predicted octanol–water partition coefficient (Wildman–Crippen LogP) is 3.94. The summed E-state index contributed by atoms with van der Waals surface area (Å²) in [4.78, 5) is 29.9. The molecule has 7 nitrogen and oxygen atoms in total. The van der Waals surface area contributed by atoms with Gasteiger partial charge in [0, 0.05) is 49.5 Å². The van der Waals surface area contributed by atoms with Crippen LogP contribution in [0.5, 0.6) is 0 Å². The summed E-state index contributed by atoms with van der Waals surface area (Å²) in [7, 11) is 0. The number of hydrogen-bond donors (Lipinski definition) is 1. The molecule has 0 aliphatic carbocycles. The van der Waals surface area contributed by atoms with E-state index < -0.39 is 0 Å². The first-order valence-corrected chi connectivity index (χ1v) is 10.5. The molecule has 0 saturated carbocycles. The Hall–Kier alpha value is -3.45. The number of carbonyl (C=O) groups excluding carboxylic acids is 1. The zero-order valence-electron chi connectivity index (χ0n) is 17.2. The summed E-state index contributed by atoms with van der Waals surface area (Å²) in [5.41, 5.74) is 0.945. The van der Waals surface area contributed by atoms with Gasteiger partial charge >= 0.3 is 0 Å². The van der Waals surface area contributed by atoms with Crippen molar-refractivity contribution in [3.8, 4) is 0 Å². The number of pyridine rings is 1. The lowest BCUT2D eigenvalue weighted by Crippen LogP contribution is -2.48. The maximum Gasteiger partial charge on any atom is 0.246 e. The SMILES string of the molecule is Cc1nc(Nc2ccccn2)cc(N2CCN(C(=O)/C=C/c3ccc(Cl)cc3)CC2)n1. The van der Waals surface area contributed by atoms with E-state index in [2.05, 4.69) is 25.2 Å². The van der Waals surface area contributed by atoms with E-state index in [-0.39, 0.29) is 5.91 Å². The van der Waals surface area contributed by atoms with E-state index in [1.807, 2.05) is 66.4 Å². The molecule has 1 aliphatic heterocycles. The second kappa shape index (κ2) is 9.57. The summed E-state index contributed by atoms with van der Waals surface area (Å²) in [5.74, 6) is 2.96. The van der Waals surface area contributed by atoms with E-state index in [1.54, 1.807) is 12.3 Å². The van der Waals surface area contributed by atoms with Crippen LogP contribution in [0, 0.1) is 6.92 Å². The Morgan fingerprint density at radius 1 is 1.03 bits per heavy atom. The number of amides is 1. The van der Waals surface area contributed by atoms with Gasteiger partial charge in [-0.1, -0.05) is 29.8 Å². The minimum Gasteiger partial charge on any atom is -0.353 e. The number of piperazine rings is 1. The number of benzene rings is 1. The van der Waals surface area contributed by atoms with Crippen molar-refractivity contribution in [2.75, 3.05) is 36.4 Å². The second-order valence-electron chi connectivity index (χ2n) is 7.20. The lowest BCUT2D eigenvalue weighted by molar-refractivity contribution is -0.126. The third-order valence-corrected chi connectivity index (χ3v) is 5.20. The molecule has 1 aromatic carbocycles. The number of halogens is 1. The predicted molar refractivity (Wildman–Crippen MR) is 124 cm³/mol. The molecule has 1 amide bonds. The first-order valence-electron chi connectivity index (χ1n) is 10.1. The van der Waals surface area contributed by atoms with Gasteiger partial charge in [0.25, 0.3) is 0 Å². The molecule has 0 radical (unpaired) electrons. The number of nitrogens with zero attached hydrogens (tertiary/aromatic N) is 5. The topological polar surface area (TPSA) is 74.2 Å². The number of rotatable bonds is 5. The minimum atomic E-state index is 0.00553. The molecule has 31 heavy (non-hydrogen) atoms. The van der Waals surface area contributed by atoms with Gasteiger partial charge in [0.15, 0.2) is 0 Å². The maximum atomic E-state index is 12.5. The van der Waals surface area contributed by atoms with Crippen molar-refractivity contribution in [3.05, 3.63) is 77.2 Å². The number of aromatic nitrogens is 3. The van der Waals surface area contributed by atoms with E-state index in [0.717, 1.165) is 17.2 Å². The molecule has 0 spiro atoms. The zero-order chi connectivity index (χ0) is 21.6. The van der Waals surface area contributed by atoms with Crippen molar-refractivity contribution in [1.29, 1.82) is 0 Å². The lowest BCUT2D eigenvalue weighted by atomic mass is 10.2. The Labute approximate surface area is 186 Å². The molecule has 2 aromatic heterocycles. The van der Waals surface area contributed by atoms with Crippen molar-refractivity contribution in [3.63, 3.8) is 0 Å². The fourth-order valence-electron chi connectivity index (χ4n) is 3.35. The highest BCUT2D eigenvalue weighted by Crippen LogP contribution is 2.20. The molecular formula is C23H23ClN6O. The second-order valence-corrected chi connectivity index (χ2v) is 7.63. The molecule has 0 atom stereocenters. The van der Waals surface area contributed by atoms with Crippen molar-refractivity contribution >= 4 is 41.0 Å². The highest BCUT2D eigenvalue weighted by atomic mass is 35.5. The highest BCUT2D eigenvalue weighted by Gasteiger charge is 2.21. The first-order chi connectivity index (χ1) is 15.1. The van der Waals surface area contributed by atoms with Crippen LogP contribution in [0.15, 0.2) is 60.8 Å². The molecule has 1 N–H and O–H groups in total. The molecule has 0 unspecified atom stereocenters. The quantitative estimate of drug-likeness (QED) is 0.613. The largest absolute Gasteiger partial charge is 0.353 e. The van der Waals surface area contributed by atoms with E-state index in [4.69, 9.17) is 11.6 Å². The van der Waals surface area contributed by atoms with Gasteiger partial charge in [-0.2, -0.15) is 0 Å².